The van der Waals surface area contributed by atoms with E-state index in [-0.39, 0.29) is 24.1 Å². The molecule has 0 saturated carbocycles. The molecule has 0 aliphatic rings. The van der Waals surface area contributed by atoms with Gasteiger partial charge in [-0.25, -0.2) is 4.98 Å². The van der Waals surface area contributed by atoms with Crippen molar-refractivity contribution in [3.05, 3.63) is 47.2 Å². The number of thioether (sulfide) groups is 1. The number of amides is 2. The summed E-state index contributed by atoms with van der Waals surface area (Å²) < 4.78 is 7.01. The zero-order valence-corrected chi connectivity index (χ0v) is 17.5. The molecule has 0 atom stereocenters. The van der Waals surface area contributed by atoms with E-state index in [1.165, 1.54) is 23.1 Å². The average molecular weight is 433 g/mol. The third-order valence-corrected chi connectivity index (χ3v) is 5.51. The lowest BCUT2D eigenvalue weighted by Gasteiger charge is -2.09. The quantitative estimate of drug-likeness (QED) is 0.500. The van der Waals surface area contributed by atoms with Crippen molar-refractivity contribution in [3.8, 4) is 5.75 Å². The lowest BCUT2D eigenvalue weighted by Crippen LogP contribution is -2.24. The first-order valence-electron chi connectivity index (χ1n) is 8.77. The molecule has 2 N–H and O–H groups in total. The minimum atomic E-state index is -0.230. The Labute approximate surface area is 175 Å². The predicted molar refractivity (Wildman–Crippen MR) is 111 cm³/mol. The molecule has 29 heavy (non-hydrogen) atoms. The number of thiazole rings is 1. The molecular formula is C18H20N6O3S2. The molecule has 0 saturated heterocycles. The third kappa shape index (κ3) is 5.55. The smallest absolute Gasteiger partial charge is 0.251 e. The maximum Gasteiger partial charge on any atom is 0.251 e. The van der Waals surface area contributed by atoms with Gasteiger partial charge in [-0.3, -0.25) is 9.59 Å². The van der Waals surface area contributed by atoms with Crippen LogP contribution in [0.4, 0.5) is 5.13 Å². The van der Waals surface area contributed by atoms with E-state index in [0.717, 1.165) is 0 Å². The van der Waals surface area contributed by atoms with Crippen LogP contribution < -0.4 is 15.4 Å². The maximum atomic E-state index is 12.4. The van der Waals surface area contributed by atoms with Gasteiger partial charge in [0, 0.05) is 23.7 Å². The number of nitrogens with zero attached hydrogens (tertiary/aromatic N) is 4. The fourth-order valence-electron chi connectivity index (χ4n) is 2.47. The van der Waals surface area contributed by atoms with Gasteiger partial charge in [-0.15, -0.1) is 21.5 Å². The van der Waals surface area contributed by atoms with Gasteiger partial charge in [-0.05, 0) is 25.1 Å². The highest BCUT2D eigenvalue weighted by molar-refractivity contribution is 7.99. The van der Waals surface area contributed by atoms with Crippen molar-refractivity contribution in [3.63, 3.8) is 0 Å². The number of hydrogen-bond donors (Lipinski definition) is 2. The van der Waals surface area contributed by atoms with E-state index in [1.807, 2.05) is 11.5 Å². The van der Waals surface area contributed by atoms with E-state index < -0.39 is 0 Å². The third-order valence-electron chi connectivity index (χ3n) is 3.86. The summed E-state index contributed by atoms with van der Waals surface area (Å²) in [7, 11) is 1.55. The number of hydrogen-bond acceptors (Lipinski definition) is 8. The number of carbonyl (C=O) groups is 2. The van der Waals surface area contributed by atoms with Crippen LogP contribution in [0.25, 0.3) is 0 Å². The van der Waals surface area contributed by atoms with E-state index in [9.17, 15) is 9.59 Å². The van der Waals surface area contributed by atoms with Gasteiger partial charge in [0.1, 0.15) is 5.75 Å². The number of nitrogens with one attached hydrogen (secondary N) is 2. The molecule has 0 unspecified atom stereocenters. The van der Waals surface area contributed by atoms with Crippen LogP contribution in [0.2, 0.25) is 0 Å². The summed E-state index contributed by atoms with van der Waals surface area (Å²) in [6, 6.07) is 6.92. The summed E-state index contributed by atoms with van der Waals surface area (Å²) in [4.78, 5) is 28.4. The van der Waals surface area contributed by atoms with Crippen LogP contribution in [-0.4, -0.2) is 44.4 Å². The van der Waals surface area contributed by atoms with Gasteiger partial charge in [0.05, 0.1) is 19.4 Å². The van der Waals surface area contributed by atoms with Crippen molar-refractivity contribution < 1.29 is 14.3 Å². The summed E-state index contributed by atoms with van der Waals surface area (Å²) in [6.45, 7) is 2.80. The summed E-state index contributed by atoms with van der Waals surface area (Å²) in [5, 5.41) is 16.8. The highest BCUT2D eigenvalue weighted by atomic mass is 32.2. The van der Waals surface area contributed by atoms with Crippen LogP contribution in [-0.2, 0) is 17.9 Å². The number of anilines is 1. The zero-order valence-electron chi connectivity index (χ0n) is 15.9. The number of carbonyl (C=O) groups excluding carboxylic acids is 2. The standard InChI is InChI=1S/C18H20N6O3S2/c1-3-24-14(10-20-16(26)12-5-4-6-13(9-12)27-2)22-23-18(24)29-11-15(25)21-17-19-7-8-28-17/h4-9H,3,10-11H2,1-2H3,(H,20,26)(H,19,21,25). The maximum absolute atomic E-state index is 12.4. The fourth-order valence-corrected chi connectivity index (χ4v) is 3.84. The second-order valence-corrected chi connectivity index (χ2v) is 7.57. The van der Waals surface area contributed by atoms with Gasteiger partial charge in [0.25, 0.3) is 5.91 Å². The molecule has 1 aromatic carbocycles. The summed E-state index contributed by atoms with van der Waals surface area (Å²) in [5.74, 6) is 1.03. The Bertz CT molecular complexity index is 974. The Morgan fingerprint density at radius 2 is 2.17 bits per heavy atom. The molecular weight excluding hydrogens is 412 g/mol. The topological polar surface area (TPSA) is 111 Å². The minimum Gasteiger partial charge on any atom is -0.497 e. The zero-order chi connectivity index (χ0) is 20.6. The van der Waals surface area contributed by atoms with E-state index in [4.69, 9.17) is 4.74 Å². The Morgan fingerprint density at radius 1 is 1.31 bits per heavy atom. The van der Waals surface area contributed by atoms with E-state index in [0.29, 0.717) is 34.0 Å². The van der Waals surface area contributed by atoms with Gasteiger partial charge in [0.15, 0.2) is 16.1 Å². The van der Waals surface area contributed by atoms with E-state index >= 15 is 0 Å². The minimum absolute atomic E-state index is 0.163. The number of ether oxygens (including phenoxy) is 1. The average Bonchev–Trinajstić information content (AvgIpc) is 3.39. The molecule has 2 amide bonds. The van der Waals surface area contributed by atoms with Gasteiger partial charge in [-0.1, -0.05) is 17.8 Å². The molecule has 0 radical (unpaired) electrons. The first-order chi connectivity index (χ1) is 14.1. The van der Waals surface area contributed by atoms with Crippen LogP contribution >= 0.6 is 23.1 Å². The van der Waals surface area contributed by atoms with Crippen molar-refractivity contribution in [2.75, 3.05) is 18.2 Å². The summed E-state index contributed by atoms with van der Waals surface area (Å²) >= 11 is 2.64. The van der Waals surface area contributed by atoms with Crippen molar-refractivity contribution >= 4 is 40.0 Å². The summed E-state index contributed by atoms with van der Waals surface area (Å²) in [5.41, 5.74) is 0.500. The molecule has 11 heteroatoms. The van der Waals surface area contributed by atoms with E-state index in [1.54, 1.807) is 43.0 Å². The lowest BCUT2D eigenvalue weighted by atomic mass is 10.2. The van der Waals surface area contributed by atoms with E-state index in [2.05, 4.69) is 25.8 Å². The molecule has 0 fully saturated rings. The van der Waals surface area contributed by atoms with Gasteiger partial charge < -0.3 is 19.9 Å². The lowest BCUT2D eigenvalue weighted by molar-refractivity contribution is -0.113. The summed E-state index contributed by atoms with van der Waals surface area (Å²) in [6.07, 6.45) is 1.63. The first-order valence-corrected chi connectivity index (χ1v) is 10.6. The van der Waals surface area contributed by atoms with Gasteiger partial charge in [0.2, 0.25) is 5.91 Å². The molecule has 3 aromatic rings. The van der Waals surface area contributed by atoms with Crippen molar-refractivity contribution in [2.24, 2.45) is 0 Å². The second kappa shape index (κ2) is 10.0. The van der Waals surface area contributed by atoms with Crippen LogP contribution in [0, 0.1) is 0 Å². The number of aromatic nitrogens is 4. The second-order valence-electron chi connectivity index (χ2n) is 5.73. The molecule has 152 valence electrons. The molecule has 2 aromatic heterocycles. The SMILES string of the molecule is CCn1c(CNC(=O)c2cccc(OC)c2)nnc1SCC(=O)Nc1nccs1. The van der Waals surface area contributed by atoms with Crippen LogP contribution in [0.5, 0.6) is 5.75 Å². The van der Waals surface area contributed by atoms with Gasteiger partial charge >= 0.3 is 0 Å². The van der Waals surface area contributed by atoms with Gasteiger partial charge in [-0.2, -0.15) is 0 Å². The Kier molecular flexibility index (Phi) is 7.19. The number of benzene rings is 1. The fraction of sp³-hybridized carbons (Fsp3) is 0.278. The van der Waals surface area contributed by atoms with Crippen LogP contribution in [0.3, 0.4) is 0 Å². The molecule has 3 rings (SSSR count). The van der Waals surface area contributed by atoms with Crippen molar-refractivity contribution in [1.29, 1.82) is 0 Å². The molecule has 0 spiro atoms. The Balaban J connectivity index is 1.57. The normalized spacial score (nSPS) is 10.6. The molecule has 0 aliphatic carbocycles. The molecule has 2 heterocycles. The first kappa shape index (κ1) is 20.8. The molecule has 0 aliphatic heterocycles. The van der Waals surface area contributed by atoms with Crippen LogP contribution in [0.15, 0.2) is 41.0 Å². The predicted octanol–water partition coefficient (Wildman–Crippen LogP) is 2.42. The highest BCUT2D eigenvalue weighted by Crippen LogP contribution is 2.18. The van der Waals surface area contributed by atoms with Crippen molar-refractivity contribution in [2.45, 2.75) is 25.2 Å². The largest absolute Gasteiger partial charge is 0.497 e. The Morgan fingerprint density at radius 3 is 2.90 bits per heavy atom. The Hall–Kier alpha value is -2.92. The number of methoxy groups -OCH3 is 1. The highest BCUT2D eigenvalue weighted by Gasteiger charge is 2.15. The number of rotatable bonds is 9. The molecule has 0 bridgehead atoms. The van der Waals surface area contributed by atoms with Crippen LogP contribution in [0.1, 0.15) is 23.1 Å². The monoisotopic (exact) mass is 432 g/mol. The molecule has 9 nitrogen and oxygen atoms in total. The van der Waals surface area contributed by atoms with Crippen molar-refractivity contribution in [1.82, 2.24) is 25.1 Å².